The molecule has 0 unspecified atom stereocenters. The van der Waals surface area contributed by atoms with E-state index in [1.807, 2.05) is 0 Å². The van der Waals surface area contributed by atoms with E-state index in [1.165, 1.54) is 7.05 Å². The minimum absolute atomic E-state index is 0.239. The van der Waals surface area contributed by atoms with E-state index < -0.39 is 22.3 Å². The van der Waals surface area contributed by atoms with Crippen LogP contribution < -0.4 is 14.8 Å². The summed E-state index contributed by atoms with van der Waals surface area (Å²) in [6.45, 7) is 0.813. The van der Waals surface area contributed by atoms with Gasteiger partial charge in [0.05, 0.1) is 4.47 Å². The summed E-state index contributed by atoms with van der Waals surface area (Å²) in [4.78, 5) is 12.3. The number of hydrogen-bond acceptors (Lipinski definition) is 4. The van der Waals surface area contributed by atoms with Crippen molar-refractivity contribution in [3.63, 3.8) is 0 Å². The summed E-state index contributed by atoms with van der Waals surface area (Å²) in [6.07, 6.45) is -4.66. The number of halogens is 4. The van der Waals surface area contributed by atoms with E-state index in [9.17, 15) is 18.0 Å². The fourth-order valence-corrected chi connectivity index (χ4v) is 2.98. The third-order valence-electron chi connectivity index (χ3n) is 3.27. The monoisotopic (exact) mass is 405 g/mol. The number of aromatic nitrogens is 2. The van der Waals surface area contributed by atoms with Crippen LogP contribution in [0.4, 0.5) is 18.9 Å². The van der Waals surface area contributed by atoms with Gasteiger partial charge in [-0.1, -0.05) is 0 Å². The first-order valence-electron chi connectivity index (χ1n) is 6.78. The van der Waals surface area contributed by atoms with Crippen LogP contribution in [-0.2, 0) is 13.2 Å². The van der Waals surface area contributed by atoms with Crippen molar-refractivity contribution in [1.82, 2.24) is 9.78 Å². The number of nitrogens with one attached hydrogen (secondary N) is 1. The van der Waals surface area contributed by atoms with Gasteiger partial charge in [0.15, 0.2) is 17.2 Å². The molecule has 1 aromatic heterocycles. The van der Waals surface area contributed by atoms with Crippen LogP contribution in [0, 0.1) is 0 Å². The van der Waals surface area contributed by atoms with Crippen molar-refractivity contribution in [2.75, 3.05) is 18.5 Å². The van der Waals surface area contributed by atoms with E-state index in [2.05, 4.69) is 26.3 Å². The number of alkyl halides is 3. The first-order chi connectivity index (χ1) is 11.3. The lowest BCUT2D eigenvalue weighted by atomic mass is 10.2. The Morgan fingerprint density at radius 3 is 2.58 bits per heavy atom. The molecule has 0 spiro atoms. The maximum absolute atomic E-state index is 12.9. The molecular weight excluding hydrogens is 395 g/mol. The SMILES string of the molecule is Cn1nc(C(F)(F)F)c(Br)c1C(=O)Nc1ccc2c(c1)OCCO2. The van der Waals surface area contributed by atoms with Gasteiger partial charge in [-0.15, -0.1) is 0 Å². The number of rotatable bonds is 2. The molecule has 0 saturated heterocycles. The molecular formula is C14H11BrF3N3O3. The van der Waals surface area contributed by atoms with Crippen LogP contribution in [0.25, 0.3) is 0 Å². The zero-order chi connectivity index (χ0) is 17.5. The van der Waals surface area contributed by atoms with Crippen LogP contribution in [0.3, 0.4) is 0 Å². The van der Waals surface area contributed by atoms with Crippen LogP contribution in [0.1, 0.15) is 16.2 Å². The maximum atomic E-state index is 12.9. The van der Waals surface area contributed by atoms with Gasteiger partial charge in [0.25, 0.3) is 5.91 Å². The number of hydrogen-bond donors (Lipinski definition) is 1. The molecule has 24 heavy (non-hydrogen) atoms. The Labute approximate surface area is 142 Å². The largest absolute Gasteiger partial charge is 0.486 e. The smallest absolute Gasteiger partial charge is 0.436 e. The Balaban J connectivity index is 1.87. The van der Waals surface area contributed by atoms with Crippen LogP contribution in [0.2, 0.25) is 0 Å². The summed E-state index contributed by atoms with van der Waals surface area (Å²) < 4.78 is 49.8. The van der Waals surface area contributed by atoms with Gasteiger partial charge in [-0.3, -0.25) is 9.48 Å². The molecule has 10 heteroatoms. The highest BCUT2D eigenvalue weighted by atomic mass is 79.9. The number of benzene rings is 1. The average Bonchev–Trinajstić information content (AvgIpc) is 2.82. The lowest BCUT2D eigenvalue weighted by Gasteiger charge is -2.19. The first kappa shape index (κ1) is 16.6. The summed E-state index contributed by atoms with van der Waals surface area (Å²) in [5.41, 5.74) is -1.03. The van der Waals surface area contributed by atoms with Crippen molar-refractivity contribution < 1.29 is 27.4 Å². The zero-order valence-electron chi connectivity index (χ0n) is 12.3. The van der Waals surface area contributed by atoms with E-state index in [0.29, 0.717) is 30.4 Å². The molecule has 1 aliphatic heterocycles. The summed E-state index contributed by atoms with van der Waals surface area (Å²) in [5, 5.41) is 5.88. The van der Waals surface area contributed by atoms with Crippen molar-refractivity contribution >= 4 is 27.5 Å². The quantitative estimate of drug-likeness (QED) is 0.832. The standard InChI is InChI=1S/C14H11BrF3N3O3/c1-21-11(10(15)12(20-21)14(16,17)18)13(22)19-7-2-3-8-9(6-7)24-5-4-23-8/h2-3,6H,4-5H2,1H3,(H,19,22). The highest BCUT2D eigenvalue weighted by Crippen LogP contribution is 2.36. The number of ether oxygens (including phenoxy) is 2. The predicted molar refractivity (Wildman–Crippen MR) is 81.3 cm³/mol. The highest BCUT2D eigenvalue weighted by molar-refractivity contribution is 9.10. The van der Waals surface area contributed by atoms with Crippen LogP contribution >= 0.6 is 15.9 Å². The number of carbonyl (C=O) groups is 1. The van der Waals surface area contributed by atoms with Crippen LogP contribution in [0.5, 0.6) is 11.5 Å². The number of amides is 1. The number of nitrogens with zero attached hydrogens (tertiary/aromatic N) is 2. The van der Waals surface area contributed by atoms with Crippen molar-refractivity contribution in [3.05, 3.63) is 34.1 Å². The molecule has 0 bridgehead atoms. The van der Waals surface area contributed by atoms with Crippen molar-refractivity contribution in [2.24, 2.45) is 7.05 Å². The van der Waals surface area contributed by atoms with E-state index >= 15 is 0 Å². The molecule has 1 amide bonds. The van der Waals surface area contributed by atoms with Gasteiger partial charge in [0.1, 0.15) is 18.9 Å². The molecule has 1 aromatic carbocycles. The van der Waals surface area contributed by atoms with E-state index in [0.717, 1.165) is 4.68 Å². The maximum Gasteiger partial charge on any atom is 0.436 e. The van der Waals surface area contributed by atoms with Crippen LogP contribution in [-0.4, -0.2) is 28.9 Å². The molecule has 1 aliphatic rings. The predicted octanol–water partition coefficient (Wildman–Crippen LogP) is 3.22. The summed E-state index contributed by atoms with van der Waals surface area (Å²) >= 11 is 2.80. The van der Waals surface area contributed by atoms with Gasteiger partial charge >= 0.3 is 6.18 Å². The van der Waals surface area contributed by atoms with E-state index in [4.69, 9.17) is 9.47 Å². The normalized spacial score (nSPS) is 13.7. The van der Waals surface area contributed by atoms with Gasteiger partial charge in [-0.25, -0.2) is 0 Å². The van der Waals surface area contributed by atoms with Gasteiger partial charge in [-0.2, -0.15) is 18.3 Å². The zero-order valence-corrected chi connectivity index (χ0v) is 13.9. The molecule has 0 radical (unpaired) electrons. The number of anilines is 1. The summed E-state index contributed by atoms with van der Waals surface area (Å²) in [7, 11) is 1.26. The molecule has 6 nitrogen and oxygen atoms in total. The number of fused-ring (bicyclic) bond motifs is 1. The third kappa shape index (κ3) is 3.05. The first-order valence-corrected chi connectivity index (χ1v) is 7.57. The third-order valence-corrected chi connectivity index (χ3v) is 4.02. The molecule has 2 heterocycles. The minimum atomic E-state index is -4.66. The van der Waals surface area contributed by atoms with Gasteiger partial charge < -0.3 is 14.8 Å². The Hall–Kier alpha value is -2.23. The molecule has 0 fully saturated rings. The Bertz CT molecular complexity index is 805. The second-order valence-electron chi connectivity index (χ2n) is 4.95. The van der Waals surface area contributed by atoms with Crippen LogP contribution in [0.15, 0.2) is 22.7 Å². The minimum Gasteiger partial charge on any atom is -0.486 e. The lowest BCUT2D eigenvalue weighted by Crippen LogP contribution is -2.18. The Morgan fingerprint density at radius 1 is 1.29 bits per heavy atom. The number of aryl methyl sites for hydroxylation is 1. The molecule has 0 saturated carbocycles. The Morgan fingerprint density at radius 2 is 1.96 bits per heavy atom. The summed E-state index contributed by atoms with van der Waals surface area (Å²) in [6, 6.07) is 4.73. The molecule has 0 aliphatic carbocycles. The van der Waals surface area contributed by atoms with E-state index in [-0.39, 0.29) is 5.69 Å². The fraction of sp³-hybridized carbons (Fsp3) is 0.286. The molecule has 3 rings (SSSR count). The van der Waals surface area contributed by atoms with Crippen molar-refractivity contribution in [2.45, 2.75) is 6.18 Å². The van der Waals surface area contributed by atoms with Gasteiger partial charge in [-0.05, 0) is 28.1 Å². The van der Waals surface area contributed by atoms with Gasteiger partial charge in [0.2, 0.25) is 0 Å². The second kappa shape index (κ2) is 6.00. The van der Waals surface area contributed by atoms with Gasteiger partial charge in [0, 0.05) is 18.8 Å². The lowest BCUT2D eigenvalue weighted by molar-refractivity contribution is -0.142. The highest BCUT2D eigenvalue weighted by Gasteiger charge is 2.39. The van der Waals surface area contributed by atoms with Crippen molar-refractivity contribution in [1.29, 1.82) is 0 Å². The number of carbonyl (C=O) groups excluding carboxylic acids is 1. The summed E-state index contributed by atoms with van der Waals surface area (Å²) in [5.74, 6) is 0.267. The topological polar surface area (TPSA) is 65.4 Å². The average molecular weight is 406 g/mol. The van der Waals surface area contributed by atoms with Crippen molar-refractivity contribution in [3.8, 4) is 11.5 Å². The van der Waals surface area contributed by atoms with E-state index in [1.54, 1.807) is 18.2 Å². The molecule has 0 atom stereocenters. The molecule has 1 N–H and O–H groups in total. The molecule has 2 aromatic rings. The fourth-order valence-electron chi connectivity index (χ4n) is 2.24. The Kier molecular flexibility index (Phi) is 4.16. The second-order valence-corrected chi connectivity index (χ2v) is 5.74. The molecule has 128 valence electrons.